The molecule has 1 saturated heterocycles. The second-order valence-corrected chi connectivity index (χ2v) is 9.49. The van der Waals surface area contributed by atoms with Gasteiger partial charge in [0, 0.05) is 5.56 Å². The zero-order valence-electron chi connectivity index (χ0n) is 19.7. The van der Waals surface area contributed by atoms with Crippen LogP contribution in [0, 0.1) is 11.3 Å². The first-order valence-electron chi connectivity index (χ1n) is 11.3. The molecule has 0 radical (unpaired) electrons. The Morgan fingerprint density at radius 2 is 1.53 bits per heavy atom. The summed E-state index contributed by atoms with van der Waals surface area (Å²) in [5, 5.41) is 8.97. The third-order valence-corrected chi connectivity index (χ3v) is 6.63. The Labute approximate surface area is 200 Å². The minimum atomic E-state index is -0.406. The molecular formula is C27H26BNO5. The second-order valence-electron chi connectivity index (χ2n) is 9.49. The van der Waals surface area contributed by atoms with Crippen molar-refractivity contribution < 1.29 is 23.5 Å². The fraction of sp³-hybridized carbons (Fsp3) is 0.296. The molecule has 34 heavy (non-hydrogen) atoms. The average Bonchev–Trinajstić information content (AvgIpc) is 3.32. The van der Waals surface area contributed by atoms with E-state index in [2.05, 4.69) is 6.07 Å². The summed E-state index contributed by atoms with van der Waals surface area (Å²) in [7, 11) is -0.406. The Hall–Kier alpha value is -3.47. The van der Waals surface area contributed by atoms with Gasteiger partial charge in [-0.25, -0.2) is 0 Å². The SMILES string of the molecule is CC1(C)OB(c2ccc(OC3COc4c(Oc5ccc(C#N)cc5)cccc43)cc2)OC1(C)C. The van der Waals surface area contributed by atoms with Crippen molar-refractivity contribution in [1.29, 1.82) is 5.26 Å². The summed E-state index contributed by atoms with van der Waals surface area (Å²) in [6.45, 7) is 8.56. The number of fused-ring (bicyclic) bond motifs is 1. The van der Waals surface area contributed by atoms with Crippen LogP contribution in [-0.4, -0.2) is 24.9 Å². The van der Waals surface area contributed by atoms with Crippen molar-refractivity contribution in [2.75, 3.05) is 6.61 Å². The monoisotopic (exact) mass is 455 g/mol. The summed E-state index contributed by atoms with van der Waals surface area (Å²) in [5.74, 6) is 2.66. The standard InChI is InChI=1S/C27H26BNO5/c1-26(2)27(3,4)34-28(33-26)19-10-14-21(15-11-19)32-24-17-30-25-22(24)6-5-7-23(25)31-20-12-8-18(16-29)9-13-20/h5-15,24H,17H2,1-4H3. The Morgan fingerprint density at radius 3 is 2.18 bits per heavy atom. The van der Waals surface area contributed by atoms with Gasteiger partial charge in [-0.3, -0.25) is 0 Å². The summed E-state index contributed by atoms with van der Waals surface area (Å²) in [4.78, 5) is 0. The average molecular weight is 455 g/mol. The van der Waals surface area contributed by atoms with Crippen LogP contribution in [0.5, 0.6) is 23.0 Å². The van der Waals surface area contributed by atoms with E-state index in [1.807, 2.05) is 70.2 Å². The Kier molecular flexibility index (Phi) is 5.51. The molecule has 0 bridgehead atoms. The Balaban J connectivity index is 1.28. The number of benzene rings is 3. The zero-order valence-corrected chi connectivity index (χ0v) is 19.7. The molecule has 0 N–H and O–H groups in total. The van der Waals surface area contributed by atoms with Gasteiger partial charge in [0.2, 0.25) is 0 Å². The molecule has 1 unspecified atom stereocenters. The molecule has 0 aliphatic carbocycles. The molecule has 5 rings (SSSR count). The molecule has 1 atom stereocenters. The van der Waals surface area contributed by atoms with E-state index in [-0.39, 0.29) is 17.3 Å². The van der Waals surface area contributed by atoms with Crippen molar-refractivity contribution in [3.63, 3.8) is 0 Å². The largest absolute Gasteiger partial charge is 0.494 e. The van der Waals surface area contributed by atoms with E-state index < -0.39 is 7.12 Å². The van der Waals surface area contributed by atoms with Crippen molar-refractivity contribution >= 4 is 12.6 Å². The van der Waals surface area contributed by atoms with E-state index in [0.29, 0.717) is 29.4 Å². The number of nitriles is 1. The number of rotatable bonds is 5. The number of ether oxygens (including phenoxy) is 3. The number of para-hydroxylation sites is 1. The number of hydrogen-bond acceptors (Lipinski definition) is 6. The van der Waals surface area contributed by atoms with Crippen LogP contribution in [0.15, 0.2) is 66.7 Å². The molecular weight excluding hydrogens is 429 g/mol. The Morgan fingerprint density at radius 1 is 0.882 bits per heavy atom. The first-order chi connectivity index (χ1) is 16.3. The molecule has 0 saturated carbocycles. The molecule has 2 heterocycles. The fourth-order valence-electron chi connectivity index (χ4n) is 3.94. The minimum absolute atomic E-state index is 0.248. The highest BCUT2D eigenvalue weighted by atomic mass is 16.7. The highest BCUT2D eigenvalue weighted by molar-refractivity contribution is 6.62. The van der Waals surface area contributed by atoms with E-state index in [1.165, 1.54) is 0 Å². The zero-order chi connectivity index (χ0) is 23.9. The van der Waals surface area contributed by atoms with Gasteiger partial charge in [-0.05, 0) is 75.6 Å². The summed E-state index contributed by atoms with van der Waals surface area (Å²) >= 11 is 0. The van der Waals surface area contributed by atoms with E-state index in [1.54, 1.807) is 24.3 Å². The summed E-state index contributed by atoms with van der Waals surface area (Å²) < 4.78 is 30.5. The Bertz CT molecular complexity index is 1220. The lowest BCUT2D eigenvalue weighted by Crippen LogP contribution is -2.41. The maximum atomic E-state index is 8.97. The molecule has 2 aliphatic rings. The van der Waals surface area contributed by atoms with Gasteiger partial charge in [-0.2, -0.15) is 5.26 Å². The molecule has 1 fully saturated rings. The first kappa shape index (κ1) is 22.3. The van der Waals surface area contributed by atoms with E-state index in [0.717, 1.165) is 16.8 Å². The number of hydrogen-bond donors (Lipinski definition) is 0. The van der Waals surface area contributed by atoms with Crippen LogP contribution in [0.3, 0.4) is 0 Å². The summed E-state index contributed by atoms with van der Waals surface area (Å²) in [6, 6.07) is 22.6. The van der Waals surface area contributed by atoms with Crippen LogP contribution in [0.2, 0.25) is 0 Å². The molecule has 6 nitrogen and oxygen atoms in total. The third kappa shape index (κ3) is 4.11. The summed E-state index contributed by atoms with van der Waals surface area (Å²) in [5.41, 5.74) is 1.71. The molecule has 0 spiro atoms. The molecule has 7 heteroatoms. The molecule has 172 valence electrons. The van der Waals surface area contributed by atoms with Crippen molar-refractivity contribution in [2.45, 2.75) is 45.0 Å². The van der Waals surface area contributed by atoms with E-state index in [9.17, 15) is 0 Å². The van der Waals surface area contributed by atoms with E-state index >= 15 is 0 Å². The van der Waals surface area contributed by atoms with Gasteiger partial charge in [-0.15, -0.1) is 0 Å². The predicted molar refractivity (Wildman–Crippen MR) is 129 cm³/mol. The molecule has 0 amide bonds. The lowest BCUT2D eigenvalue weighted by Gasteiger charge is -2.32. The van der Waals surface area contributed by atoms with Crippen molar-refractivity contribution in [1.82, 2.24) is 0 Å². The van der Waals surface area contributed by atoms with Crippen molar-refractivity contribution in [2.24, 2.45) is 0 Å². The molecule has 3 aromatic rings. The van der Waals surface area contributed by atoms with Crippen LogP contribution < -0.4 is 19.7 Å². The lowest BCUT2D eigenvalue weighted by molar-refractivity contribution is 0.00578. The van der Waals surface area contributed by atoms with Gasteiger partial charge in [-0.1, -0.05) is 24.3 Å². The normalized spacial score (nSPS) is 19.7. The topological polar surface area (TPSA) is 69.9 Å². The van der Waals surface area contributed by atoms with Gasteiger partial charge < -0.3 is 23.5 Å². The van der Waals surface area contributed by atoms with Crippen LogP contribution in [0.1, 0.15) is 44.9 Å². The van der Waals surface area contributed by atoms with Gasteiger partial charge in [0.25, 0.3) is 0 Å². The number of nitrogens with zero attached hydrogens (tertiary/aromatic N) is 1. The van der Waals surface area contributed by atoms with E-state index in [4.69, 9.17) is 28.8 Å². The second kappa shape index (κ2) is 8.39. The maximum Gasteiger partial charge on any atom is 0.494 e. The van der Waals surface area contributed by atoms with Crippen molar-refractivity contribution in [3.8, 4) is 29.1 Å². The summed E-state index contributed by atoms with van der Waals surface area (Å²) in [6.07, 6.45) is -0.248. The lowest BCUT2D eigenvalue weighted by atomic mass is 9.79. The van der Waals surface area contributed by atoms with Crippen molar-refractivity contribution in [3.05, 3.63) is 77.9 Å². The molecule has 2 aliphatic heterocycles. The quantitative estimate of drug-likeness (QED) is 0.495. The molecule has 3 aromatic carbocycles. The fourth-order valence-corrected chi connectivity index (χ4v) is 3.94. The van der Waals surface area contributed by atoms with Gasteiger partial charge in [0.05, 0.1) is 22.8 Å². The highest BCUT2D eigenvalue weighted by Crippen LogP contribution is 2.43. The van der Waals surface area contributed by atoms with Gasteiger partial charge in [0.15, 0.2) is 17.6 Å². The highest BCUT2D eigenvalue weighted by Gasteiger charge is 2.51. The van der Waals surface area contributed by atoms with Crippen LogP contribution in [0.25, 0.3) is 0 Å². The van der Waals surface area contributed by atoms with Gasteiger partial charge >= 0.3 is 7.12 Å². The minimum Gasteiger partial charge on any atom is -0.485 e. The van der Waals surface area contributed by atoms with Crippen LogP contribution in [-0.2, 0) is 9.31 Å². The predicted octanol–water partition coefficient (Wildman–Crippen LogP) is 5.16. The van der Waals surface area contributed by atoms with Crippen LogP contribution >= 0.6 is 0 Å². The van der Waals surface area contributed by atoms with Crippen LogP contribution in [0.4, 0.5) is 0 Å². The van der Waals surface area contributed by atoms with Gasteiger partial charge in [0.1, 0.15) is 18.1 Å². The molecule has 0 aromatic heterocycles. The third-order valence-electron chi connectivity index (χ3n) is 6.63. The smallest absolute Gasteiger partial charge is 0.485 e. The maximum absolute atomic E-state index is 8.97. The first-order valence-corrected chi connectivity index (χ1v) is 11.3.